The number of carbonyl (C=O) groups is 2. The van der Waals surface area contributed by atoms with E-state index in [1.807, 2.05) is 17.0 Å². The van der Waals surface area contributed by atoms with Crippen molar-refractivity contribution in [3.8, 4) is 0 Å². The van der Waals surface area contributed by atoms with Crippen LogP contribution in [0, 0.1) is 0 Å². The number of likely N-dealkylation sites (tertiary alicyclic amines) is 1. The highest BCUT2D eigenvalue weighted by molar-refractivity contribution is 7.07. The summed E-state index contributed by atoms with van der Waals surface area (Å²) in [6, 6.07) is 3.81. The van der Waals surface area contributed by atoms with E-state index in [-0.39, 0.29) is 23.3 Å². The van der Waals surface area contributed by atoms with Crippen LogP contribution in [0.2, 0.25) is 0 Å². The summed E-state index contributed by atoms with van der Waals surface area (Å²) >= 11 is 1.43. The Morgan fingerprint density at radius 1 is 1.29 bits per heavy atom. The number of nitrogens with zero attached hydrogens (tertiary/aromatic N) is 3. The second-order valence-electron chi connectivity index (χ2n) is 6.47. The molecule has 0 aliphatic carbocycles. The molecule has 0 aromatic carbocycles. The smallest absolute Gasteiger partial charge is 0.273 e. The van der Waals surface area contributed by atoms with Crippen molar-refractivity contribution in [2.45, 2.75) is 30.7 Å². The van der Waals surface area contributed by atoms with Gasteiger partial charge in [-0.1, -0.05) is 0 Å². The lowest BCUT2D eigenvalue weighted by molar-refractivity contribution is -0.121. The molecule has 4 rings (SSSR count). The molecule has 6 nitrogen and oxygen atoms in total. The predicted octanol–water partition coefficient (Wildman–Crippen LogP) is 1.82. The number of amides is 2. The predicted molar refractivity (Wildman–Crippen MR) is 89.7 cm³/mol. The molecule has 2 aromatic rings. The molecule has 2 aliphatic heterocycles. The van der Waals surface area contributed by atoms with Gasteiger partial charge in [0, 0.05) is 36.4 Å². The van der Waals surface area contributed by atoms with Crippen molar-refractivity contribution in [2.75, 3.05) is 13.1 Å². The van der Waals surface area contributed by atoms with Crippen molar-refractivity contribution in [1.82, 2.24) is 20.2 Å². The standard InChI is InChI=1S/C17H18N4O2S/c22-15-13(12-1-5-18-6-2-12)9-17(20-15)3-7-21(8-4-17)16(23)14-10-24-11-19-14/h1-2,5-6,10-11,13H,3-4,7-9H2,(H,20,22). The topological polar surface area (TPSA) is 75.2 Å². The second-order valence-corrected chi connectivity index (χ2v) is 7.19. The maximum Gasteiger partial charge on any atom is 0.273 e. The molecule has 0 bridgehead atoms. The molecule has 0 radical (unpaired) electrons. The van der Waals surface area contributed by atoms with Crippen molar-refractivity contribution >= 4 is 23.2 Å². The van der Waals surface area contributed by atoms with E-state index in [1.54, 1.807) is 23.3 Å². The first-order valence-corrected chi connectivity index (χ1v) is 9.01. The summed E-state index contributed by atoms with van der Waals surface area (Å²) < 4.78 is 0. The van der Waals surface area contributed by atoms with E-state index in [9.17, 15) is 9.59 Å². The number of pyridine rings is 1. The molecule has 124 valence electrons. The van der Waals surface area contributed by atoms with Crippen LogP contribution in [0.4, 0.5) is 0 Å². The number of nitrogens with one attached hydrogen (secondary N) is 1. The van der Waals surface area contributed by atoms with Gasteiger partial charge in [0.05, 0.1) is 11.4 Å². The quantitative estimate of drug-likeness (QED) is 0.903. The minimum Gasteiger partial charge on any atom is -0.350 e. The maximum absolute atomic E-state index is 12.4. The summed E-state index contributed by atoms with van der Waals surface area (Å²) in [5, 5.41) is 4.98. The first-order chi connectivity index (χ1) is 11.7. The Kier molecular flexibility index (Phi) is 3.80. The molecular weight excluding hydrogens is 324 g/mol. The van der Waals surface area contributed by atoms with Gasteiger partial charge >= 0.3 is 0 Å². The first-order valence-electron chi connectivity index (χ1n) is 8.06. The van der Waals surface area contributed by atoms with E-state index in [0.717, 1.165) is 24.8 Å². The van der Waals surface area contributed by atoms with E-state index in [0.29, 0.717) is 18.8 Å². The first kappa shape index (κ1) is 15.3. The third-order valence-electron chi connectivity index (χ3n) is 5.07. The van der Waals surface area contributed by atoms with Crippen molar-refractivity contribution in [3.63, 3.8) is 0 Å². The normalized spacial score (nSPS) is 22.6. The van der Waals surface area contributed by atoms with Crippen molar-refractivity contribution in [3.05, 3.63) is 46.7 Å². The summed E-state index contributed by atoms with van der Waals surface area (Å²) in [7, 11) is 0. The molecule has 1 N–H and O–H groups in total. The summed E-state index contributed by atoms with van der Waals surface area (Å²) in [5.74, 6) is -0.0459. The number of carbonyl (C=O) groups excluding carboxylic acids is 2. The molecule has 1 atom stereocenters. The third-order valence-corrected chi connectivity index (χ3v) is 5.65. The monoisotopic (exact) mass is 342 g/mol. The largest absolute Gasteiger partial charge is 0.350 e. The molecular formula is C17H18N4O2S. The van der Waals surface area contributed by atoms with Crippen LogP contribution in [-0.4, -0.2) is 45.3 Å². The molecule has 2 aliphatic rings. The molecule has 1 unspecified atom stereocenters. The van der Waals surface area contributed by atoms with Crippen molar-refractivity contribution < 1.29 is 9.59 Å². The zero-order valence-electron chi connectivity index (χ0n) is 13.1. The molecule has 24 heavy (non-hydrogen) atoms. The molecule has 4 heterocycles. The Balaban J connectivity index is 1.44. The van der Waals surface area contributed by atoms with Gasteiger partial charge in [-0.3, -0.25) is 14.6 Å². The van der Waals surface area contributed by atoms with Gasteiger partial charge in [-0.15, -0.1) is 11.3 Å². The van der Waals surface area contributed by atoms with E-state index in [4.69, 9.17) is 0 Å². The summed E-state index contributed by atoms with van der Waals surface area (Å²) in [4.78, 5) is 34.8. The van der Waals surface area contributed by atoms with E-state index in [2.05, 4.69) is 15.3 Å². The number of hydrogen-bond donors (Lipinski definition) is 1. The van der Waals surface area contributed by atoms with Crippen molar-refractivity contribution in [2.24, 2.45) is 0 Å². The van der Waals surface area contributed by atoms with Crippen LogP contribution in [-0.2, 0) is 4.79 Å². The van der Waals surface area contributed by atoms with Crippen LogP contribution < -0.4 is 5.32 Å². The number of piperidine rings is 1. The fourth-order valence-corrected chi connectivity index (χ4v) is 4.22. The molecule has 2 amide bonds. The van der Waals surface area contributed by atoms with Gasteiger partial charge in [-0.05, 0) is 37.0 Å². The van der Waals surface area contributed by atoms with Gasteiger partial charge in [-0.2, -0.15) is 0 Å². The maximum atomic E-state index is 12.4. The van der Waals surface area contributed by atoms with Crippen LogP contribution in [0.5, 0.6) is 0 Å². The molecule has 0 saturated carbocycles. The van der Waals surface area contributed by atoms with Crippen molar-refractivity contribution in [1.29, 1.82) is 0 Å². The minimum absolute atomic E-state index is 0.0129. The van der Waals surface area contributed by atoms with E-state index < -0.39 is 0 Å². The fourth-order valence-electron chi connectivity index (χ4n) is 3.70. The molecule has 2 saturated heterocycles. The molecule has 1 spiro atoms. The average Bonchev–Trinajstić information content (AvgIpc) is 3.25. The van der Waals surface area contributed by atoms with Crippen LogP contribution in [0.3, 0.4) is 0 Å². The fraction of sp³-hybridized carbons (Fsp3) is 0.412. The summed E-state index contributed by atoms with van der Waals surface area (Å²) in [6.45, 7) is 1.30. The Morgan fingerprint density at radius 2 is 2.04 bits per heavy atom. The molecule has 2 aromatic heterocycles. The van der Waals surface area contributed by atoms with Crippen LogP contribution in [0.15, 0.2) is 35.4 Å². The Bertz CT molecular complexity index is 739. The Morgan fingerprint density at radius 3 is 2.71 bits per heavy atom. The summed E-state index contributed by atoms with van der Waals surface area (Å²) in [5.41, 5.74) is 3.01. The lowest BCUT2D eigenvalue weighted by Gasteiger charge is -2.39. The van der Waals surface area contributed by atoms with Gasteiger partial charge in [0.15, 0.2) is 0 Å². The highest BCUT2D eigenvalue weighted by Gasteiger charge is 2.46. The molecule has 2 fully saturated rings. The molecule has 7 heteroatoms. The third kappa shape index (κ3) is 2.69. The number of thiazole rings is 1. The van der Waals surface area contributed by atoms with E-state index in [1.165, 1.54) is 11.3 Å². The lowest BCUT2D eigenvalue weighted by atomic mass is 9.82. The Labute approximate surface area is 143 Å². The van der Waals surface area contributed by atoms with Gasteiger partial charge in [-0.25, -0.2) is 4.98 Å². The van der Waals surface area contributed by atoms with Crippen LogP contribution in [0.25, 0.3) is 0 Å². The highest BCUT2D eigenvalue weighted by Crippen LogP contribution is 2.39. The van der Waals surface area contributed by atoms with E-state index >= 15 is 0 Å². The van der Waals surface area contributed by atoms with Crippen LogP contribution in [0.1, 0.15) is 41.2 Å². The number of hydrogen-bond acceptors (Lipinski definition) is 5. The Hall–Kier alpha value is -2.28. The minimum atomic E-state index is -0.191. The average molecular weight is 342 g/mol. The van der Waals surface area contributed by atoms with Gasteiger partial charge in [0.25, 0.3) is 5.91 Å². The second kappa shape index (κ2) is 5.98. The zero-order chi connectivity index (χ0) is 16.6. The SMILES string of the molecule is O=C1NC2(CCN(C(=O)c3cscn3)CC2)CC1c1ccncc1. The zero-order valence-corrected chi connectivity index (χ0v) is 14.0. The van der Waals surface area contributed by atoms with Gasteiger partial charge in [0.1, 0.15) is 5.69 Å². The summed E-state index contributed by atoms with van der Waals surface area (Å²) in [6.07, 6.45) is 5.81. The number of rotatable bonds is 2. The number of aromatic nitrogens is 2. The highest BCUT2D eigenvalue weighted by atomic mass is 32.1. The van der Waals surface area contributed by atoms with Gasteiger partial charge in [0.2, 0.25) is 5.91 Å². The lowest BCUT2D eigenvalue weighted by Crippen LogP contribution is -2.52. The van der Waals surface area contributed by atoms with Gasteiger partial charge < -0.3 is 10.2 Å². The van der Waals surface area contributed by atoms with Crippen LogP contribution >= 0.6 is 11.3 Å².